The topological polar surface area (TPSA) is 38.0 Å². The lowest BCUT2D eigenvalue weighted by Gasteiger charge is -2.20. The Hall–Kier alpha value is -0.640. The summed E-state index contributed by atoms with van der Waals surface area (Å²) >= 11 is 6.11. The molecule has 4 heteroatoms. The van der Waals surface area contributed by atoms with Gasteiger partial charge in [0.2, 0.25) is 0 Å². The minimum Gasteiger partial charge on any atom is -0.324 e. The van der Waals surface area contributed by atoms with Gasteiger partial charge in [0.25, 0.3) is 0 Å². The molecule has 1 aromatic rings. The summed E-state index contributed by atoms with van der Waals surface area (Å²) in [6, 6.07) is 2.94. The van der Waals surface area contributed by atoms with Gasteiger partial charge in [0, 0.05) is 11.1 Å². The zero-order valence-corrected chi connectivity index (χ0v) is 10.0. The maximum Gasteiger partial charge on any atom is 0.126 e. The molecule has 0 saturated carbocycles. The molecule has 1 aromatic carbocycles. The van der Waals surface area contributed by atoms with E-state index in [2.05, 4.69) is 5.32 Å². The van der Waals surface area contributed by atoms with Crippen LogP contribution in [-0.4, -0.2) is 13.1 Å². The SMILES string of the molecule is Cc1cc(Cl)c(C(N)C2CCNC2)cc1F. The molecule has 1 fully saturated rings. The molecule has 1 aliphatic heterocycles. The first kappa shape index (κ1) is 11.8. The molecule has 0 aliphatic carbocycles. The van der Waals surface area contributed by atoms with E-state index in [0.717, 1.165) is 25.1 Å². The molecule has 2 unspecified atom stereocenters. The third-order valence-corrected chi connectivity index (χ3v) is 3.57. The van der Waals surface area contributed by atoms with Crippen LogP contribution < -0.4 is 11.1 Å². The van der Waals surface area contributed by atoms with Gasteiger partial charge in [-0.1, -0.05) is 11.6 Å². The van der Waals surface area contributed by atoms with Crippen molar-refractivity contribution in [1.82, 2.24) is 5.32 Å². The Balaban J connectivity index is 2.28. The molecule has 1 aliphatic rings. The molecule has 0 aromatic heterocycles. The first-order valence-corrected chi connectivity index (χ1v) is 5.89. The van der Waals surface area contributed by atoms with Crippen LogP contribution >= 0.6 is 11.6 Å². The molecule has 0 amide bonds. The second-order valence-corrected chi connectivity index (χ2v) is 4.81. The van der Waals surface area contributed by atoms with Crippen molar-refractivity contribution < 1.29 is 4.39 Å². The Bertz CT molecular complexity index is 389. The summed E-state index contributed by atoms with van der Waals surface area (Å²) in [6.45, 7) is 3.56. The number of rotatable bonds is 2. The van der Waals surface area contributed by atoms with Crippen molar-refractivity contribution in [3.05, 3.63) is 34.1 Å². The summed E-state index contributed by atoms with van der Waals surface area (Å²) in [5, 5.41) is 3.82. The van der Waals surface area contributed by atoms with E-state index in [1.165, 1.54) is 6.07 Å². The van der Waals surface area contributed by atoms with Crippen molar-refractivity contribution in [2.24, 2.45) is 11.7 Å². The summed E-state index contributed by atoms with van der Waals surface area (Å²) in [7, 11) is 0. The molecule has 0 spiro atoms. The molecule has 88 valence electrons. The zero-order valence-electron chi connectivity index (χ0n) is 9.26. The molecule has 16 heavy (non-hydrogen) atoms. The molecule has 0 radical (unpaired) electrons. The number of aryl methyl sites for hydroxylation is 1. The molecule has 2 rings (SSSR count). The van der Waals surface area contributed by atoms with Gasteiger partial charge in [-0.2, -0.15) is 0 Å². The molecule has 1 saturated heterocycles. The lowest BCUT2D eigenvalue weighted by molar-refractivity contribution is 0.467. The fraction of sp³-hybridized carbons (Fsp3) is 0.500. The number of nitrogens with two attached hydrogens (primary N) is 1. The summed E-state index contributed by atoms with van der Waals surface area (Å²) in [4.78, 5) is 0. The second kappa shape index (κ2) is 4.70. The Kier molecular flexibility index (Phi) is 3.47. The largest absolute Gasteiger partial charge is 0.324 e. The fourth-order valence-electron chi connectivity index (χ4n) is 2.15. The lowest BCUT2D eigenvalue weighted by Crippen LogP contribution is -2.24. The van der Waals surface area contributed by atoms with Crippen molar-refractivity contribution in [2.45, 2.75) is 19.4 Å². The fourth-order valence-corrected chi connectivity index (χ4v) is 2.50. The first-order valence-electron chi connectivity index (χ1n) is 5.51. The van der Waals surface area contributed by atoms with Crippen LogP contribution in [0.15, 0.2) is 12.1 Å². The van der Waals surface area contributed by atoms with Crippen molar-refractivity contribution in [3.63, 3.8) is 0 Å². The average molecular weight is 243 g/mol. The Morgan fingerprint density at radius 1 is 1.56 bits per heavy atom. The predicted molar refractivity (Wildman–Crippen MR) is 64.1 cm³/mol. The minimum absolute atomic E-state index is 0.183. The third-order valence-electron chi connectivity index (χ3n) is 3.24. The number of halogens is 2. The molecule has 0 bridgehead atoms. The third kappa shape index (κ3) is 2.21. The minimum atomic E-state index is -0.235. The van der Waals surface area contributed by atoms with Gasteiger partial charge in [0.1, 0.15) is 5.82 Å². The van der Waals surface area contributed by atoms with Gasteiger partial charge in [0.15, 0.2) is 0 Å². The number of benzene rings is 1. The summed E-state index contributed by atoms with van der Waals surface area (Å²) < 4.78 is 13.5. The van der Waals surface area contributed by atoms with Gasteiger partial charge in [-0.15, -0.1) is 0 Å². The van der Waals surface area contributed by atoms with Crippen LogP contribution in [0.1, 0.15) is 23.6 Å². The van der Waals surface area contributed by atoms with Crippen LogP contribution in [0, 0.1) is 18.7 Å². The predicted octanol–water partition coefficient (Wildman–Crippen LogP) is 2.40. The summed E-state index contributed by atoms with van der Waals surface area (Å²) in [5.74, 6) is 0.111. The zero-order chi connectivity index (χ0) is 11.7. The number of nitrogens with one attached hydrogen (secondary N) is 1. The molecular formula is C12H16ClFN2. The molecule has 3 N–H and O–H groups in total. The smallest absolute Gasteiger partial charge is 0.126 e. The highest BCUT2D eigenvalue weighted by Crippen LogP contribution is 2.31. The van der Waals surface area contributed by atoms with Crippen LogP contribution in [0.2, 0.25) is 5.02 Å². The van der Waals surface area contributed by atoms with Crippen molar-refractivity contribution >= 4 is 11.6 Å². The van der Waals surface area contributed by atoms with Gasteiger partial charge in [-0.3, -0.25) is 0 Å². The summed E-state index contributed by atoms with van der Waals surface area (Å²) in [6.07, 6.45) is 1.02. The van der Waals surface area contributed by atoms with E-state index in [1.807, 2.05) is 0 Å². The molecule has 1 heterocycles. The van der Waals surface area contributed by atoms with Crippen LogP contribution in [0.25, 0.3) is 0 Å². The Morgan fingerprint density at radius 3 is 2.94 bits per heavy atom. The van der Waals surface area contributed by atoms with Crippen LogP contribution in [0.5, 0.6) is 0 Å². The summed E-state index contributed by atoms with van der Waals surface area (Å²) in [5.41, 5.74) is 7.41. The van der Waals surface area contributed by atoms with E-state index in [1.54, 1.807) is 13.0 Å². The highest BCUT2D eigenvalue weighted by atomic mass is 35.5. The first-order chi connectivity index (χ1) is 7.59. The van der Waals surface area contributed by atoms with Crippen molar-refractivity contribution in [1.29, 1.82) is 0 Å². The highest BCUT2D eigenvalue weighted by Gasteiger charge is 2.25. The van der Waals surface area contributed by atoms with Gasteiger partial charge in [-0.25, -0.2) is 4.39 Å². The second-order valence-electron chi connectivity index (χ2n) is 4.40. The Labute approximate surface area is 100.0 Å². The van der Waals surface area contributed by atoms with E-state index in [0.29, 0.717) is 16.5 Å². The van der Waals surface area contributed by atoms with E-state index in [4.69, 9.17) is 17.3 Å². The molecular weight excluding hydrogens is 227 g/mol. The van der Waals surface area contributed by atoms with Crippen LogP contribution in [0.3, 0.4) is 0 Å². The van der Waals surface area contributed by atoms with Crippen LogP contribution in [0.4, 0.5) is 4.39 Å². The number of hydrogen-bond donors (Lipinski definition) is 2. The van der Waals surface area contributed by atoms with Crippen molar-refractivity contribution in [3.8, 4) is 0 Å². The number of hydrogen-bond acceptors (Lipinski definition) is 2. The van der Waals surface area contributed by atoms with E-state index < -0.39 is 0 Å². The van der Waals surface area contributed by atoms with Crippen molar-refractivity contribution in [2.75, 3.05) is 13.1 Å². The maximum atomic E-state index is 13.5. The normalized spacial score (nSPS) is 22.4. The quantitative estimate of drug-likeness (QED) is 0.836. The Morgan fingerprint density at radius 2 is 2.31 bits per heavy atom. The van der Waals surface area contributed by atoms with Gasteiger partial charge >= 0.3 is 0 Å². The van der Waals surface area contributed by atoms with E-state index >= 15 is 0 Å². The lowest BCUT2D eigenvalue weighted by atomic mass is 9.92. The van der Waals surface area contributed by atoms with E-state index in [-0.39, 0.29) is 11.9 Å². The maximum absolute atomic E-state index is 13.5. The van der Waals surface area contributed by atoms with Gasteiger partial charge in [-0.05, 0) is 55.6 Å². The van der Waals surface area contributed by atoms with Gasteiger partial charge < -0.3 is 11.1 Å². The standard InChI is InChI=1S/C12H16ClFN2/c1-7-4-10(13)9(5-11(7)14)12(15)8-2-3-16-6-8/h4-5,8,12,16H,2-3,6,15H2,1H3. The molecule has 2 atom stereocenters. The molecule has 2 nitrogen and oxygen atoms in total. The highest BCUT2D eigenvalue weighted by molar-refractivity contribution is 6.31. The van der Waals surface area contributed by atoms with Crippen LogP contribution in [-0.2, 0) is 0 Å². The monoisotopic (exact) mass is 242 g/mol. The average Bonchev–Trinajstić information content (AvgIpc) is 2.75. The van der Waals surface area contributed by atoms with E-state index in [9.17, 15) is 4.39 Å². The van der Waals surface area contributed by atoms with Gasteiger partial charge in [0.05, 0.1) is 0 Å².